The Labute approximate surface area is 325 Å². The van der Waals surface area contributed by atoms with Gasteiger partial charge in [0.05, 0.1) is 56.2 Å². The summed E-state index contributed by atoms with van der Waals surface area (Å²) in [5.74, 6) is 7.12. The smallest absolute Gasteiger partial charge is 0.407 e. The van der Waals surface area contributed by atoms with Crippen molar-refractivity contribution < 1.29 is 33.8 Å². The van der Waals surface area contributed by atoms with Crippen LogP contribution in [0, 0.1) is 17.8 Å². The van der Waals surface area contributed by atoms with E-state index in [1.807, 2.05) is 62.4 Å². The third-order valence-corrected chi connectivity index (χ3v) is 10.2. The fraction of sp³-hybridized carbons (Fsp3) is 0.415. The number of benzene rings is 2. The average molecular weight is 765 g/mol. The van der Waals surface area contributed by atoms with Gasteiger partial charge < -0.3 is 45.0 Å². The number of likely N-dealkylation sites (tertiary alicyclic amines) is 2. The third-order valence-electron chi connectivity index (χ3n) is 10.2. The number of aromatic nitrogens is 4. The Balaban J connectivity index is 1.08. The van der Waals surface area contributed by atoms with Gasteiger partial charge in [-0.3, -0.25) is 9.59 Å². The molecule has 15 nitrogen and oxygen atoms in total. The van der Waals surface area contributed by atoms with Crippen molar-refractivity contribution in [2.24, 2.45) is 5.92 Å². The molecule has 4 heterocycles. The molecule has 56 heavy (non-hydrogen) atoms. The lowest BCUT2D eigenvalue weighted by atomic mass is 10.0. The van der Waals surface area contributed by atoms with Crippen molar-refractivity contribution in [3.63, 3.8) is 0 Å². The average Bonchev–Trinajstić information content (AvgIpc) is 4.04. The van der Waals surface area contributed by atoms with Crippen LogP contribution in [0.1, 0.15) is 81.3 Å². The molecule has 15 heteroatoms. The number of aliphatic hydroxyl groups is 1. The topological polar surface area (TPSA) is 195 Å². The summed E-state index contributed by atoms with van der Waals surface area (Å²) in [4.78, 5) is 69.9. The summed E-state index contributed by atoms with van der Waals surface area (Å²) >= 11 is 0. The van der Waals surface area contributed by atoms with Gasteiger partial charge in [-0.05, 0) is 73.9 Å². The van der Waals surface area contributed by atoms with E-state index in [-0.39, 0.29) is 23.9 Å². The van der Waals surface area contributed by atoms with Crippen LogP contribution in [0.2, 0.25) is 0 Å². The van der Waals surface area contributed by atoms with Crippen molar-refractivity contribution in [3.8, 4) is 34.4 Å². The van der Waals surface area contributed by atoms with Gasteiger partial charge >= 0.3 is 12.2 Å². The van der Waals surface area contributed by atoms with Crippen LogP contribution in [0.5, 0.6) is 0 Å². The zero-order chi connectivity index (χ0) is 39.9. The molecule has 294 valence electrons. The number of carbonyl (C=O) groups excluding carboxylic acids is 4. The zero-order valence-corrected chi connectivity index (χ0v) is 32.2. The molecule has 4 amide bonds. The van der Waals surface area contributed by atoms with Gasteiger partial charge in [0.1, 0.15) is 23.7 Å². The second-order valence-corrected chi connectivity index (χ2v) is 14.4. The first-order valence-electron chi connectivity index (χ1n) is 18.8. The summed E-state index contributed by atoms with van der Waals surface area (Å²) in [5.41, 5.74) is 5.14. The van der Waals surface area contributed by atoms with Gasteiger partial charge in [0, 0.05) is 24.2 Å². The summed E-state index contributed by atoms with van der Waals surface area (Å²) in [6.45, 7) is 6.29. The normalized spacial score (nSPS) is 18.1. The number of aliphatic hydroxyl groups excluding tert-OH is 1. The van der Waals surface area contributed by atoms with Crippen LogP contribution >= 0.6 is 0 Å². The molecule has 0 radical (unpaired) electrons. The highest BCUT2D eigenvalue weighted by Crippen LogP contribution is 2.34. The van der Waals surface area contributed by atoms with Crippen molar-refractivity contribution in [3.05, 3.63) is 83.7 Å². The molecular weight excluding hydrogens is 716 g/mol. The van der Waals surface area contributed by atoms with E-state index in [9.17, 15) is 24.3 Å². The fourth-order valence-corrected chi connectivity index (χ4v) is 7.18. The van der Waals surface area contributed by atoms with Crippen LogP contribution in [0.15, 0.2) is 60.9 Å². The Morgan fingerprint density at radius 1 is 0.714 bits per heavy atom. The molecule has 5 N–H and O–H groups in total. The predicted molar refractivity (Wildman–Crippen MR) is 207 cm³/mol. The lowest BCUT2D eigenvalue weighted by Gasteiger charge is -2.30. The van der Waals surface area contributed by atoms with E-state index in [4.69, 9.17) is 4.74 Å². The number of alkyl carbamates (subject to hydrolysis) is 2. The molecule has 0 saturated carbocycles. The van der Waals surface area contributed by atoms with Crippen molar-refractivity contribution in [1.82, 2.24) is 40.4 Å². The van der Waals surface area contributed by atoms with Crippen LogP contribution in [0.3, 0.4) is 0 Å². The van der Waals surface area contributed by atoms with E-state index < -0.39 is 36.3 Å². The van der Waals surface area contributed by atoms with Gasteiger partial charge in [-0.25, -0.2) is 19.6 Å². The maximum Gasteiger partial charge on any atom is 0.407 e. The number of aromatic amines is 2. The molecule has 0 spiro atoms. The number of carbonyl (C=O) groups is 4. The summed E-state index contributed by atoms with van der Waals surface area (Å²) < 4.78 is 9.37. The second-order valence-electron chi connectivity index (χ2n) is 14.4. The molecule has 2 aromatic carbocycles. The minimum Gasteiger partial charge on any atom is -0.453 e. The summed E-state index contributed by atoms with van der Waals surface area (Å²) in [7, 11) is 2.48. The number of H-pyrrole nitrogens is 2. The number of methoxy groups -OCH3 is 2. The van der Waals surface area contributed by atoms with Crippen LogP contribution in [-0.2, 0) is 19.1 Å². The maximum atomic E-state index is 13.5. The molecule has 1 unspecified atom stereocenters. The van der Waals surface area contributed by atoms with Crippen LogP contribution in [-0.4, -0.2) is 104 Å². The van der Waals surface area contributed by atoms with Crippen LogP contribution in [0.25, 0.3) is 22.5 Å². The number of imidazole rings is 2. The van der Waals surface area contributed by atoms with Crippen LogP contribution < -0.4 is 10.6 Å². The van der Waals surface area contributed by atoms with Gasteiger partial charge in [-0.1, -0.05) is 50.0 Å². The van der Waals surface area contributed by atoms with Crippen molar-refractivity contribution in [2.75, 3.05) is 27.3 Å². The predicted octanol–water partition coefficient (Wildman–Crippen LogP) is 4.68. The van der Waals surface area contributed by atoms with E-state index in [2.05, 4.69) is 47.1 Å². The van der Waals surface area contributed by atoms with Gasteiger partial charge in [-0.2, -0.15) is 0 Å². The number of nitrogens with zero attached hydrogens (tertiary/aromatic N) is 4. The first-order valence-corrected chi connectivity index (χ1v) is 18.8. The summed E-state index contributed by atoms with van der Waals surface area (Å²) in [5, 5.41) is 15.3. The lowest BCUT2D eigenvalue weighted by Crippen LogP contribution is -2.53. The van der Waals surface area contributed by atoms with E-state index in [0.717, 1.165) is 52.9 Å². The Bertz CT molecular complexity index is 1930. The molecule has 0 bridgehead atoms. The minimum absolute atomic E-state index is 0.112. The Morgan fingerprint density at radius 3 is 1.52 bits per heavy atom. The molecule has 6 rings (SSSR count). The highest BCUT2D eigenvalue weighted by atomic mass is 16.5. The van der Waals surface area contributed by atoms with Crippen molar-refractivity contribution >= 4 is 24.0 Å². The molecule has 2 fully saturated rings. The number of hydrogen-bond acceptors (Lipinski definition) is 9. The molecule has 2 saturated heterocycles. The maximum absolute atomic E-state index is 13.5. The van der Waals surface area contributed by atoms with E-state index in [1.54, 1.807) is 22.2 Å². The Kier molecular flexibility index (Phi) is 12.4. The van der Waals surface area contributed by atoms with Crippen LogP contribution in [0.4, 0.5) is 9.59 Å². The molecule has 4 aromatic rings. The molecule has 0 aliphatic carbocycles. The SMILES string of the molecule is COC(=O)NC(C(=O)N1CCC[C@H]1c1ncc(-c2ccc(C#Cc3ccc(-c4cnc([C@@H]5CCCN5C(=O)[C@@H](NC(=O)OC)C(C)C)[nH]4)cc3)cc2)[nH]1)[C@@H](C)O. The zero-order valence-electron chi connectivity index (χ0n) is 32.2. The molecule has 2 aliphatic heterocycles. The first-order chi connectivity index (χ1) is 27.0. The monoisotopic (exact) mass is 764 g/mol. The third kappa shape index (κ3) is 8.87. The highest BCUT2D eigenvalue weighted by Gasteiger charge is 2.39. The largest absolute Gasteiger partial charge is 0.453 e. The number of ether oxygens (including phenoxy) is 2. The summed E-state index contributed by atoms with van der Waals surface area (Å²) in [6, 6.07) is 13.3. The van der Waals surface area contributed by atoms with Crippen molar-refractivity contribution in [2.45, 2.75) is 76.7 Å². The molecular formula is C41H48N8O7. The van der Waals surface area contributed by atoms with Gasteiger partial charge in [0.25, 0.3) is 0 Å². The number of hydrogen-bond donors (Lipinski definition) is 5. The summed E-state index contributed by atoms with van der Waals surface area (Å²) in [6.07, 6.45) is 4.05. The Hall–Kier alpha value is -6.14. The second kappa shape index (κ2) is 17.5. The quantitative estimate of drug-likeness (QED) is 0.143. The van der Waals surface area contributed by atoms with Crippen molar-refractivity contribution in [1.29, 1.82) is 0 Å². The molecule has 2 aliphatic rings. The Morgan fingerprint density at radius 2 is 1.12 bits per heavy atom. The fourth-order valence-electron chi connectivity index (χ4n) is 7.18. The standard InChI is InChI=1S/C41H48N8O7/c1-24(2)34(46-40(53)55-4)38(51)48-20-6-8-32(48)36-42-22-30(44-36)28-16-12-26(13-17-28)10-11-27-14-18-29(19-15-27)31-23-43-37(45-31)33-9-7-21-49(33)39(52)35(25(3)50)47-41(54)56-5/h12-19,22-25,32-35,50H,6-9,20-21H2,1-5H3,(H,42,44)(H,43,45)(H,46,53)(H,47,54)/t25-,32+,33+,34+,35?/m1/s1. The van der Waals surface area contributed by atoms with E-state index in [0.29, 0.717) is 31.2 Å². The number of amides is 4. The number of rotatable bonds is 10. The van der Waals surface area contributed by atoms with Gasteiger partial charge in [-0.15, -0.1) is 0 Å². The highest BCUT2D eigenvalue weighted by molar-refractivity contribution is 5.87. The lowest BCUT2D eigenvalue weighted by molar-refractivity contribution is -0.137. The molecule has 5 atom stereocenters. The van der Waals surface area contributed by atoms with Gasteiger partial charge in [0.15, 0.2) is 0 Å². The first kappa shape index (κ1) is 39.6. The molecule has 2 aromatic heterocycles. The number of nitrogens with one attached hydrogen (secondary N) is 4. The van der Waals surface area contributed by atoms with Gasteiger partial charge in [0.2, 0.25) is 11.8 Å². The minimum atomic E-state index is -1.13. The van der Waals surface area contributed by atoms with E-state index in [1.165, 1.54) is 21.1 Å². The van der Waals surface area contributed by atoms with E-state index >= 15 is 0 Å².